The molecular weight excluding hydrogens is 262 g/mol. The number of hydrogen-bond acceptors (Lipinski definition) is 3. The molecule has 0 aromatic carbocycles. The van der Waals surface area contributed by atoms with Crippen molar-refractivity contribution < 1.29 is 9.53 Å². The molecule has 122 valence electrons. The van der Waals surface area contributed by atoms with Crippen molar-refractivity contribution in [3.63, 3.8) is 0 Å². The Morgan fingerprint density at radius 1 is 1.24 bits per heavy atom. The van der Waals surface area contributed by atoms with Gasteiger partial charge in [0.1, 0.15) is 5.54 Å². The lowest BCUT2D eigenvalue weighted by Gasteiger charge is -2.48. The number of carbonyl (C=O) groups is 1. The fourth-order valence-electron chi connectivity index (χ4n) is 4.57. The number of rotatable bonds is 5. The van der Waals surface area contributed by atoms with Crippen molar-refractivity contribution in [2.45, 2.75) is 84.2 Å². The topological polar surface area (TPSA) is 38.3 Å². The molecule has 3 heteroatoms. The molecule has 0 aromatic heterocycles. The van der Waals surface area contributed by atoms with Gasteiger partial charge in [-0.3, -0.25) is 10.1 Å². The van der Waals surface area contributed by atoms with Crippen LogP contribution in [0.2, 0.25) is 0 Å². The Balaban J connectivity index is 2.27. The van der Waals surface area contributed by atoms with E-state index in [2.05, 4.69) is 26.1 Å². The Kier molecular flexibility index (Phi) is 5.70. The molecule has 0 radical (unpaired) electrons. The van der Waals surface area contributed by atoms with Gasteiger partial charge in [0.05, 0.1) is 6.61 Å². The van der Waals surface area contributed by atoms with E-state index in [0.717, 1.165) is 12.8 Å². The van der Waals surface area contributed by atoms with Gasteiger partial charge in [-0.1, -0.05) is 40.0 Å². The van der Waals surface area contributed by atoms with E-state index < -0.39 is 5.54 Å². The average Bonchev–Trinajstić information content (AvgIpc) is 2.91. The molecule has 0 spiro atoms. The summed E-state index contributed by atoms with van der Waals surface area (Å²) in [5.74, 6) is 1.50. The summed E-state index contributed by atoms with van der Waals surface area (Å²) in [4.78, 5) is 12.9. The van der Waals surface area contributed by atoms with E-state index >= 15 is 0 Å². The number of hydrogen-bond donors (Lipinski definition) is 1. The molecule has 2 aliphatic carbocycles. The predicted molar refractivity (Wildman–Crippen MR) is 86.1 cm³/mol. The van der Waals surface area contributed by atoms with Crippen LogP contribution in [0.3, 0.4) is 0 Å². The molecule has 0 saturated heterocycles. The van der Waals surface area contributed by atoms with E-state index in [9.17, 15) is 4.79 Å². The van der Waals surface area contributed by atoms with Crippen LogP contribution in [0.4, 0.5) is 0 Å². The van der Waals surface area contributed by atoms with Gasteiger partial charge in [0, 0.05) is 6.04 Å². The second-order valence-corrected chi connectivity index (χ2v) is 7.55. The third-order valence-electron chi connectivity index (χ3n) is 5.54. The van der Waals surface area contributed by atoms with Crippen LogP contribution in [0.1, 0.15) is 72.6 Å². The van der Waals surface area contributed by atoms with Crippen molar-refractivity contribution in [1.82, 2.24) is 5.32 Å². The van der Waals surface area contributed by atoms with Crippen molar-refractivity contribution in [3.8, 4) is 0 Å². The first-order valence-electron chi connectivity index (χ1n) is 8.94. The van der Waals surface area contributed by atoms with Crippen molar-refractivity contribution in [3.05, 3.63) is 0 Å². The van der Waals surface area contributed by atoms with E-state index in [-0.39, 0.29) is 5.97 Å². The lowest BCUT2D eigenvalue weighted by Crippen LogP contribution is -2.64. The van der Waals surface area contributed by atoms with Crippen molar-refractivity contribution in [2.75, 3.05) is 6.61 Å². The molecule has 21 heavy (non-hydrogen) atoms. The SMILES string of the molecule is CCOC(=O)C1(NC2CCCC2)CC(C)CCC1C(C)C. The van der Waals surface area contributed by atoms with Gasteiger partial charge in [0.25, 0.3) is 0 Å². The van der Waals surface area contributed by atoms with Gasteiger partial charge < -0.3 is 4.74 Å². The summed E-state index contributed by atoms with van der Waals surface area (Å²) in [6.45, 7) is 9.18. The summed E-state index contributed by atoms with van der Waals surface area (Å²) < 4.78 is 5.52. The van der Waals surface area contributed by atoms with Gasteiger partial charge >= 0.3 is 5.97 Å². The molecular formula is C18H33NO2. The molecule has 0 heterocycles. The van der Waals surface area contributed by atoms with Crippen LogP contribution in [0.25, 0.3) is 0 Å². The maximum atomic E-state index is 12.9. The molecule has 0 aliphatic heterocycles. The van der Waals surface area contributed by atoms with Crippen LogP contribution in [0.5, 0.6) is 0 Å². The first-order valence-corrected chi connectivity index (χ1v) is 8.94. The Morgan fingerprint density at radius 3 is 2.48 bits per heavy atom. The molecule has 2 aliphatic rings. The highest BCUT2D eigenvalue weighted by molar-refractivity contribution is 5.81. The van der Waals surface area contributed by atoms with E-state index in [1.165, 1.54) is 32.1 Å². The molecule has 3 atom stereocenters. The van der Waals surface area contributed by atoms with Gasteiger partial charge in [0.2, 0.25) is 0 Å². The van der Waals surface area contributed by atoms with Gasteiger partial charge in [-0.2, -0.15) is 0 Å². The standard InChI is InChI=1S/C18H33NO2/c1-5-21-17(20)18(19-15-8-6-7-9-15)12-14(4)10-11-16(18)13(2)3/h13-16,19H,5-12H2,1-4H3. The zero-order chi connectivity index (χ0) is 15.5. The van der Waals surface area contributed by atoms with Crippen LogP contribution < -0.4 is 5.32 Å². The third-order valence-corrected chi connectivity index (χ3v) is 5.54. The Labute approximate surface area is 130 Å². The highest BCUT2D eigenvalue weighted by atomic mass is 16.5. The molecule has 0 amide bonds. The van der Waals surface area contributed by atoms with Crippen LogP contribution in [0, 0.1) is 17.8 Å². The van der Waals surface area contributed by atoms with E-state index in [1.54, 1.807) is 0 Å². The lowest BCUT2D eigenvalue weighted by atomic mass is 9.64. The molecule has 2 fully saturated rings. The minimum atomic E-state index is -0.448. The summed E-state index contributed by atoms with van der Waals surface area (Å²) in [7, 11) is 0. The van der Waals surface area contributed by atoms with E-state index in [4.69, 9.17) is 4.74 Å². The maximum Gasteiger partial charge on any atom is 0.326 e. The third kappa shape index (κ3) is 3.61. The molecule has 1 N–H and O–H groups in total. The quantitative estimate of drug-likeness (QED) is 0.781. The molecule has 2 rings (SSSR count). The predicted octanol–water partition coefficient (Wildman–Crippen LogP) is 3.91. The monoisotopic (exact) mass is 295 g/mol. The minimum Gasteiger partial charge on any atom is -0.465 e. The molecule has 3 unspecified atom stereocenters. The lowest BCUT2D eigenvalue weighted by molar-refractivity contribution is -0.158. The van der Waals surface area contributed by atoms with Gasteiger partial charge in [-0.05, 0) is 50.4 Å². The van der Waals surface area contributed by atoms with Crippen LogP contribution in [-0.4, -0.2) is 24.2 Å². The number of esters is 1. The largest absolute Gasteiger partial charge is 0.465 e. The fraction of sp³-hybridized carbons (Fsp3) is 0.944. The summed E-state index contributed by atoms with van der Waals surface area (Å²) in [5, 5.41) is 3.80. The summed E-state index contributed by atoms with van der Waals surface area (Å²) >= 11 is 0. The van der Waals surface area contributed by atoms with Crippen LogP contribution in [0.15, 0.2) is 0 Å². The molecule has 0 bridgehead atoms. The Morgan fingerprint density at radius 2 is 1.90 bits per heavy atom. The first-order chi connectivity index (χ1) is 9.99. The van der Waals surface area contributed by atoms with E-state index in [0.29, 0.717) is 30.4 Å². The maximum absolute atomic E-state index is 12.9. The highest BCUT2D eigenvalue weighted by Crippen LogP contribution is 2.43. The Bertz CT molecular complexity index is 349. The smallest absolute Gasteiger partial charge is 0.326 e. The fourth-order valence-corrected chi connectivity index (χ4v) is 4.57. The molecule has 2 saturated carbocycles. The molecule has 3 nitrogen and oxygen atoms in total. The summed E-state index contributed by atoms with van der Waals surface area (Å²) in [6, 6.07) is 0.501. The zero-order valence-corrected chi connectivity index (χ0v) is 14.3. The van der Waals surface area contributed by atoms with Crippen molar-refractivity contribution in [2.24, 2.45) is 17.8 Å². The van der Waals surface area contributed by atoms with E-state index in [1.807, 2.05) is 6.92 Å². The highest BCUT2D eigenvalue weighted by Gasteiger charge is 2.51. The normalized spacial score (nSPS) is 34.3. The van der Waals surface area contributed by atoms with Gasteiger partial charge in [-0.15, -0.1) is 0 Å². The minimum absolute atomic E-state index is 0.00199. The Hall–Kier alpha value is -0.570. The van der Waals surface area contributed by atoms with Crippen LogP contribution >= 0.6 is 0 Å². The zero-order valence-electron chi connectivity index (χ0n) is 14.3. The first kappa shape index (κ1) is 16.8. The summed E-state index contributed by atoms with van der Waals surface area (Å²) in [5.41, 5.74) is -0.448. The average molecular weight is 295 g/mol. The molecule has 0 aromatic rings. The second-order valence-electron chi connectivity index (χ2n) is 7.55. The number of nitrogens with one attached hydrogen (secondary N) is 1. The van der Waals surface area contributed by atoms with Crippen LogP contribution in [-0.2, 0) is 9.53 Å². The number of carbonyl (C=O) groups excluding carboxylic acids is 1. The van der Waals surface area contributed by atoms with Crippen molar-refractivity contribution >= 4 is 5.97 Å². The van der Waals surface area contributed by atoms with Gasteiger partial charge in [0.15, 0.2) is 0 Å². The second kappa shape index (κ2) is 7.13. The van der Waals surface area contributed by atoms with Crippen molar-refractivity contribution in [1.29, 1.82) is 0 Å². The summed E-state index contributed by atoms with van der Waals surface area (Å²) in [6.07, 6.45) is 8.30. The van der Waals surface area contributed by atoms with Gasteiger partial charge in [-0.25, -0.2) is 0 Å². The number of ether oxygens (including phenoxy) is 1.